The molecular formula is C16H20FN3. The minimum absolute atomic E-state index is 0.0819. The van der Waals surface area contributed by atoms with E-state index in [0.717, 1.165) is 30.0 Å². The van der Waals surface area contributed by atoms with Crippen molar-refractivity contribution in [3.05, 3.63) is 59.4 Å². The average Bonchev–Trinajstić information content (AvgIpc) is 2.43. The molecule has 0 radical (unpaired) electrons. The Morgan fingerprint density at radius 2 is 2.15 bits per heavy atom. The van der Waals surface area contributed by atoms with Gasteiger partial charge in [-0.25, -0.2) is 14.4 Å². The van der Waals surface area contributed by atoms with Crippen LogP contribution in [0.15, 0.2) is 36.5 Å². The number of aromatic nitrogens is 2. The normalized spacial score (nSPS) is 12.3. The number of nitrogens with zero attached hydrogens (tertiary/aromatic N) is 2. The van der Waals surface area contributed by atoms with Gasteiger partial charge in [0.1, 0.15) is 11.6 Å². The zero-order valence-electron chi connectivity index (χ0n) is 11.9. The fraction of sp³-hybridized carbons (Fsp3) is 0.375. The van der Waals surface area contributed by atoms with Crippen molar-refractivity contribution in [1.29, 1.82) is 0 Å². The molecule has 0 spiro atoms. The van der Waals surface area contributed by atoms with Crippen molar-refractivity contribution >= 4 is 0 Å². The summed E-state index contributed by atoms with van der Waals surface area (Å²) >= 11 is 0. The molecule has 0 bridgehead atoms. The number of rotatable bonds is 6. The Labute approximate surface area is 119 Å². The summed E-state index contributed by atoms with van der Waals surface area (Å²) in [5, 5.41) is 3.47. The van der Waals surface area contributed by atoms with Gasteiger partial charge in [-0.2, -0.15) is 0 Å². The second-order valence-corrected chi connectivity index (χ2v) is 4.87. The Balaban J connectivity index is 2.19. The maximum absolute atomic E-state index is 13.3. The predicted octanol–water partition coefficient (Wildman–Crippen LogP) is 3.21. The third kappa shape index (κ3) is 4.10. The lowest BCUT2D eigenvalue weighted by atomic mass is 10.0. The molecule has 0 aliphatic carbocycles. The Morgan fingerprint density at radius 3 is 2.85 bits per heavy atom. The van der Waals surface area contributed by atoms with Gasteiger partial charge in [-0.05, 0) is 50.1 Å². The zero-order valence-corrected chi connectivity index (χ0v) is 11.9. The second-order valence-electron chi connectivity index (χ2n) is 4.87. The first-order valence-corrected chi connectivity index (χ1v) is 6.96. The van der Waals surface area contributed by atoms with Crippen LogP contribution in [0.1, 0.15) is 36.5 Å². The quantitative estimate of drug-likeness (QED) is 0.878. The first-order chi connectivity index (χ1) is 9.69. The number of hydrogen-bond acceptors (Lipinski definition) is 3. The molecule has 1 unspecified atom stereocenters. The second kappa shape index (κ2) is 7.10. The van der Waals surface area contributed by atoms with Gasteiger partial charge in [0.15, 0.2) is 0 Å². The van der Waals surface area contributed by atoms with E-state index in [1.807, 2.05) is 19.1 Å². The summed E-state index contributed by atoms with van der Waals surface area (Å²) in [7, 11) is 0. The van der Waals surface area contributed by atoms with Crippen LogP contribution in [-0.2, 0) is 6.42 Å². The van der Waals surface area contributed by atoms with Crippen LogP contribution < -0.4 is 5.32 Å². The molecular weight excluding hydrogens is 253 g/mol. The van der Waals surface area contributed by atoms with Crippen molar-refractivity contribution in [2.24, 2.45) is 0 Å². The number of halogens is 1. The van der Waals surface area contributed by atoms with Crippen molar-refractivity contribution in [2.75, 3.05) is 6.54 Å². The van der Waals surface area contributed by atoms with Crippen LogP contribution in [0, 0.1) is 12.7 Å². The van der Waals surface area contributed by atoms with E-state index in [1.54, 1.807) is 18.3 Å². The zero-order chi connectivity index (χ0) is 14.4. The fourth-order valence-corrected chi connectivity index (χ4v) is 2.17. The van der Waals surface area contributed by atoms with E-state index in [1.165, 1.54) is 6.07 Å². The Morgan fingerprint density at radius 1 is 1.30 bits per heavy atom. The molecule has 0 aliphatic heterocycles. The molecule has 0 amide bonds. The molecule has 4 heteroatoms. The molecule has 3 nitrogen and oxygen atoms in total. The standard InChI is InChI=1S/C16H20FN3/c1-3-8-19-16(15-7-9-18-12(2)20-15)11-13-5-4-6-14(17)10-13/h4-7,9-10,16,19H,3,8,11H2,1-2H3. The lowest BCUT2D eigenvalue weighted by molar-refractivity contribution is 0.514. The van der Waals surface area contributed by atoms with E-state index in [4.69, 9.17) is 0 Å². The van der Waals surface area contributed by atoms with Gasteiger partial charge < -0.3 is 5.32 Å². The van der Waals surface area contributed by atoms with Gasteiger partial charge in [0, 0.05) is 6.20 Å². The Kier molecular flexibility index (Phi) is 5.18. The molecule has 1 N–H and O–H groups in total. The van der Waals surface area contributed by atoms with E-state index in [9.17, 15) is 4.39 Å². The van der Waals surface area contributed by atoms with Gasteiger partial charge >= 0.3 is 0 Å². The molecule has 1 atom stereocenters. The Hall–Kier alpha value is -1.81. The molecule has 20 heavy (non-hydrogen) atoms. The molecule has 1 aromatic heterocycles. The van der Waals surface area contributed by atoms with Gasteiger partial charge in [0.05, 0.1) is 11.7 Å². The molecule has 0 fully saturated rings. The lowest BCUT2D eigenvalue weighted by Gasteiger charge is -2.18. The van der Waals surface area contributed by atoms with Gasteiger partial charge in [0.25, 0.3) is 0 Å². The van der Waals surface area contributed by atoms with E-state index < -0.39 is 0 Å². The largest absolute Gasteiger partial charge is 0.308 e. The summed E-state index contributed by atoms with van der Waals surface area (Å²) in [6.45, 7) is 4.91. The van der Waals surface area contributed by atoms with Crippen LogP contribution in [0.25, 0.3) is 0 Å². The van der Waals surface area contributed by atoms with Crippen molar-refractivity contribution < 1.29 is 4.39 Å². The highest BCUT2D eigenvalue weighted by Crippen LogP contribution is 2.17. The molecule has 0 aliphatic rings. The molecule has 106 valence electrons. The van der Waals surface area contributed by atoms with Gasteiger partial charge in [-0.15, -0.1) is 0 Å². The van der Waals surface area contributed by atoms with Gasteiger partial charge in [-0.3, -0.25) is 0 Å². The van der Waals surface area contributed by atoms with Crippen LogP contribution >= 0.6 is 0 Å². The van der Waals surface area contributed by atoms with E-state index in [0.29, 0.717) is 6.42 Å². The maximum atomic E-state index is 13.3. The predicted molar refractivity (Wildman–Crippen MR) is 77.9 cm³/mol. The molecule has 1 aromatic carbocycles. The maximum Gasteiger partial charge on any atom is 0.125 e. The van der Waals surface area contributed by atoms with Crippen LogP contribution in [0.2, 0.25) is 0 Å². The van der Waals surface area contributed by atoms with Gasteiger partial charge in [-0.1, -0.05) is 19.1 Å². The highest BCUT2D eigenvalue weighted by atomic mass is 19.1. The number of hydrogen-bond donors (Lipinski definition) is 1. The van der Waals surface area contributed by atoms with Crippen LogP contribution in [-0.4, -0.2) is 16.5 Å². The van der Waals surface area contributed by atoms with Gasteiger partial charge in [0.2, 0.25) is 0 Å². The minimum Gasteiger partial charge on any atom is -0.308 e. The van der Waals surface area contributed by atoms with E-state index in [2.05, 4.69) is 22.2 Å². The number of aryl methyl sites for hydroxylation is 1. The molecule has 0 saturated carbocycles. The van der Waals surface area contributed by atoms with Crippen molar-refractivity contribution in [1.82, 2.24) is 15.3 Å². The first-order valence-electron chi connectivity index (χ1n) is 6.96. The first kappa shape index (κ1) is 14.6. The highest BCUT2D eigenvalue weighted by Gasteiger charge is 2.13. The minimum atomic E-state index is -0.199. The summed E-state index contributed by atoms with van der Waals surface area (Å²) in [6, 6.07) is 8.73. The molecule has 2 aromatic rings. The summed E-state index contributed by atoms with van der Waals surface area (Å²) in [5.74, 6) is 0.556. The lowest BCUT2D eigenvalue weighted by Crippen LogP contribution is -2.25. The van der Waals surface area contributed by atoms with E-state index >= 15 is 0 Å². The Bertz CT molecular complexity index is 557. The van der Waals surface area contributed by atoms with Crippen molar-refractivity contribution in [3.8, 4) is 0 Å². The van der Waals surface area contributed by atoms with Crippen molar-refractivity contribution in [2.45, 2.75) is 32.7 Å². The number of benzene rings is 1. The highest BCUT2D eigenvalue weighted by molar-refractivity contribution is 5.20. The molecule has 0 saturated heterocycles. The smallest absolute Gasteiger partial charge is 0.125 e. The third-order valence-corrected chi connectivity index (χ3v) is 3.12. The monoisotopic (exact) mass is 273 g/mol. The van der Waals surface area contributed by atoms with Crippen LogP contribution in [0.4, 0.5) is 4.39 Å². The SMILES string of the molecule is CCCNC(Cc1cccc(F)c1)c1ccnc(C)n1. The summed E-state index contributed by atoms with van der Waals surface area (Å²) in [6.07, 6.45) is 3.53. The van der Waals surface area contributed by atoms with Crippen LogP contribution in [0.5, 0.6) is 0 Å². The molecule has 2 rings (SSSR count). The summed E-state index contributed by atoms with van der Waals surface area (Å²) in [5.41, 5.74) is 1.92. The fourth-order valence-electron chi connectivity index (χ4n) is 2.17. The van der Waals surface area contributed by atoms with Crippen molar-refractivity contribution in [3.63, 3.8) is 0 Å². The topological polar surface area (TPSA) is 37.8 Å². The molecule has 1 heterocycles. The summed E-state index contributed by atoms with van der Waals surface area (Å²) < 4.78 is 13.3. The third-order valence-electron chi connectivity index (χ3n) is 3.12. The summed E-state index contributed by atoms with van der Waals surface area (Å²) in [4.78, 5) is 8.60. The average molecular weight is 273 g/mol. The van der Waals surface area contributed by atoms with E-state index in [-0.39, 0.29) is 11.9 Å². The van der Waals surface area contributed by atoms with Crippen LogP contribution in [0.3, 0.4) is 0 Å². The number of nitrogens with one attached hydrogen (secondary N) is 1.